The number of nitrogens with one attached hydrogen (secondary N) is 2. The van der Waals surface area contributed by atoms with Crippen LogP contribution in [-0.2, 0) is 10.0 Å². The first-order valence-corrected chi connectivity index (χ1v) is 11.1. The van der Waals surface area contributed by atoms with Gasteiger partial charge in [0.25, 0.3) is 5.91 Å². The third-order valence-corrected chi connectivity index (χ3v) is 6.27. The number of amides is 1. The van der Waals surface area contributed by atoms with Crippen LogP contribution in [0.3, 0.4) is 0 Å². The van der Waals surface area contributed by atoms with Gasteiger partial charge in [0.05, 0.1) is 4.90 Å². The molecule has 0 saturated carbocycles. The lowest BCUT2D eigenvalue weighted by Crippen LogP contribution is -2.44. The number of benzene rings is 1. The summed E-state index contributed by atoms with van der Waals surface area (Å²) >= 11 is 0. The quantitative estimate of drug-likeness (QED) is 0.612. The third-order valence-electron chi connectivity index (χ3n) is 4.60. The van der Waals surface area contributed by atoms with Crippen LogP contribution in [-0.4, -0.2) is 76.5 Å². The summed E-state index contributed by atoms with van der Waals surface area (Å²) in [6.07, 6.45) is 1.99. The molecule has 1 saturated heterocycles. The number of rotatable bonds is 9. The maximum atomic E-state index is 12.2. The van der Waals surface area contributed by atoms with Gasteiger partial charge in [-0.1, -0.05) is 0 Å². The van der Waals surface area contributed by atoms with Crippen molar-refractivity contribution in [2.24, 2.45) is 0 Å². The highest BCUT2D eigenvalue weighted by Gasteiger charge is 2.16. The molecule has 1 aromatic carbocycles. The van der Waals surface area contributed by atoms with Crippen LogP contribution in [0.5, 0.6) is 0 Å². The Bertz CT molecular complexity index is 696. The topological polar surface area (TPSA) is 81.7 Å². The van der Waals surface area contributed by atoms with Crippen molar-refractivity contribution in [1.29, 1.82) is 0 Å². The van der Waals surface area contributed by atoms with E-state index in [4.69, 9.17) is 0 Å². The molecular formula is C19H32N4O3S. The second-order valence-electron chi connectivity index (χ2n) is 7.41. The van der Waals surface area contributed by atoms with Crippen molar-refractivity contribution in [2.75, 3.05) is 46.3 Å². The largest absolute Gasteiger partial charge is 0.352 e. The molecular weight excluding hydrogens is 364 g/mol. The molecule has 152 valence electrons. The number of hydrogen-bond acceptors (Lipinski definition) is 5. The lowest BCUT2D eigenvalue weighted by molar-refractivity contribution is 0.0951. The molecule has 0 atom stereocenters. The molecule has 1 aromatic rings. The Labute approximate surface area is 163 Å². The average Bonchev–Trinajstić information content (AvgIpc) is 2.62. The smallest absolute Gasteiger partial charge is 0.251 e. The summed E-state index contributed by atoms with van der Waals surface area (Å²) in [6, 6.07) is 5.85. The van der Waals surface area contributed by atoms with Gasteiger partial charge < -0.3 is 15.1 Å². The van der Waals surface area contributed by atoms with E-state index in [0.29, 0.717) is 12.1 Å². The van der Waals surface area contributed by atoms with Crippen LogP contribution in [0.2, 0.25) is 0 Å². The molecule has 1 aliphatic heterocycles. The Balaban J connectivity index is 1.71. The number of nitrogens with zero attached hydrogens (tertiary/aromatic N) is 2. The van der Waals surface area contributed by atoms with Crippen molar-refractivity contribution < 1.29 is 13.2 Å². The first-order valence-electron chi connectivity index (χ1n) is 9.59. The molecule has 0 unspecified atom stereocenters. The Hall–Kier alpha value is -1.48. The average molecular weight is 397 g/mol. The van der Waals surface area contributed by atoms with Gasteiger partial charge in [0, 0.05) is 44.3 Å². The fourth-order valence-electron chi connectivity index (χ4n) is 3.00. The highest BCUT2D eigenvalue weighted by Crippen LogP contribution is 2.11. The molecule has 27 heavy (non-hydrogen) atoms. The van der Waals surface area contributed by atoms with E-state index < -0.39 is 10.0 Å². The van der Waals surface area contributed by atoms with E-state index in [2.05, 4.69) is 26.9 Å². The van der Waals surface area contributed by atoms with Crippen molar-refractivity contribution in [3.63, 3.8) is 0 Å². The molecule has 0 aliphatic carbocycles. The van der Waals surface area contributed by atoms with Gasteiger partial charge in [-0.2, -0.15) is 0 Å². The molecule has 7 nitrogen and oxygen atoms in total. The van der Waals surface area contributed by atoms with E-state index in [9.17, 15) is 13.2 Å². The minimum atomic E-state index is -3.53. The zero-order valence-corrected chi connectivity index (χ0v) is 17.4. The molecule has 1 amide bonds. The van der Waals surface area contributed by atoms with Crippen molar-refractivity contribution in [3.05, 3.63) is 29.8 Å². The summed E-state index contributed by atoms with van der Waals surface area (Å²) in [6.45, 7) is 9.70. The van der Waals surface area contributed by atoms with Gasteiger partial charge in [-0.05, 0) is 64.5 Å². The Morgan fingerprint density at radius 2 is 1.70 bits per heavy atom. The number of carbonyl (C=O) groups is 1. The number of hydrogen-bond donors (Lipinski definition) is 2. The van der Waals surface area contributed by atoms with Gasteiger partial charge >= 0.3 is 0 Å². The lowest BCUT2D eigenvalue weighted by Gasteiger charge is -2.32. The highest BCUT2D eigenvalue weighted by atomic mass is 32.2. The predicted octanol–water partition coefficient (Wildman–Crippen LogP) is 1.13. The monoisotopic (exact) mass is 396 g/mol. The summed E-state index contributed by atoms with van der Waals surface area (Å²) in [7, 11) is -1.38. The Morgan fingerprint density at radius 1 is 1.07 bits per heavy atom. The maximum Gasteiger partial charge on any atom is 0.251 e. The van der Waals surface area contributed by atoms with E-state index in [-0.39, 0.29) is 16.8 Å². The molecule has 0 radical (unpaired) electrons. The van der Waals surface area contributed by atoms with E-state index >= 15 is 0 Å². The van der Waals surface area contributed by atoms with Crippen molar-refractivity contribution in [1.82, 2.24) is 19.8 Å². The van der Waals surface area contributed by atoms with E-state index in [1.165, 1.54) is 12.1 Å². The molecule has 2 rings (SSSR count). The molecule has 1 aliphatic rings. The summed E-state index contributed by atoms with van der Waals surface area (Å²) in [5.74, 6) is -0.171. The van der Waals surface area contributed by atoms with Crippen LogP contribution in [0.4, 0.5) is 0 Å². The van der Waals surface area contributed by atoms with Gasteiger partial charge in [-0.3, -0.25) is 4.79 Å². The van der Waals surface area contributed by atoms with Crippen LogP contribution in [0.1, 0.15) is 37.0 Å². The fraction of sp³-hybridized carbons (Fsp3) is 0.632. The van der Waals surface area contributed by atoms with Crippen LogP contribution in [0.15, 0.2) is 29.2 Å². The van der Waals surface area contributed by atoms with E-state index in [1.54, 1.807) is 26.0 Å². The van der Waals surface area contributed by atoms with Crippen LogP contribution >= 0.6 is 0 Å². The number of piperazine rings is 1. The standard InChI is InChI=1S/C19H32N4O3S/c1-16(2)21-27(25,26)18-8-6-17(7-9-18)19(24)20-10-4-5-11-23-14-12-22(3)13-15-23/h6-9,16,21H,4-5,10-15H2,1-3H3,(H,20,24). The zero-order valence-electron chi connectivity index (χ0n) is 16.6. The van der Waals surface area contributed by atoms with Crippen molar-refractivity contribution in [3.8, 4) is 0 Å². The summed E-state index contributed by atoms with van der Waals surface area (Å²) in [5, 5.41) is 2.90. The van der Waals surface area contributed by atoms with Crippen molar-refractivity contribution in [2.45, 2.75) is 37.6 Å². The minimum absolute atomic E-state index is 0.167. The summed E-state index contributed by atoms with van der Waals surface area (Å²) in [4.78, 5) is 17.2. The van der Waals surface area contributed by atoms with Gasteiger partial charge in [0.15, 0.2) is 0 Å². The number of likely N-dealkylation sites (N-methyl/N-ethyl adjacent to an activating group) is 1. The number of unbranched alkanes of at least 4 members (excludes halogenated alkanes) is 1. The maximum absolute atomic E-state index is 12.2. The summed E-state index contributed by atoms with van der Waals surface area (Å²) < 4.78 is 26.7. The van der Waals surface area contributed by atoms with Gasteiger partial charge in [-0.25, -0.2) is 13.1 Å². The van der Waals surface area contributed by atoms with Gasteiger partial charge in [-0.15, -0.1) is 0 Å². The fourth-order valence-corrected chi connectivity index (χ4v) is 4.25. The van der Waals surface area contributed by atoms with Crippen LogP contribution < -0.4 is 10.0 Å². The molecule has 8 heteroatoms. The van der Waals surface area contributed by atoms with E-state index in [1.807, 2.05) is 0 Å². The van der Waals surface area contributed by atoms with Gasteiger partial charge in [0.2, 0.25) is 10.0 Å². The second kappa shape index (κ2) is 10.2. The molecule has 2 N–H and O–H groups in total. The Kier molecular flexibility index (Phi) is 8.22. The Morgan fingerprint density at radius 3 is 2.30 bits per heavy atom. The first kappa shape index (κ1) is 21.8. The number of carbonyl (C=O) groups excluding carboxylic acids is 1. The van der Waals surface area contributed by atoms with E-state index in [0.717, 1.165) is 45.6 Å². The molecule has 1 heterocycles. The predicted molar refractivity (Wildman–Crippen MR) is 107 cm³/mol. The van der Waals surface area contributed by atoms with Gasteiger partial charge in [0.1, 0.15) is 0 Å². The van der Waals surface area contributed by atoms with Crippen LogP contribution in [0, 0.1) is 0 Å². The van der Waals surface area contributed by atoms with Crippen LogP contribution in [0.25, 0.3) is 0 Å². The molecule has 0 aromatic heterocycles. The molecule has 1 fully saturated rings. The second-order valence-corrected chi connectivity index (χ2v) is 9.12. The first-order chi connectivity index (χ1) is 12.8. The summed E-state index contributed by atoms with van der Waals surface area (Å²) in [5.41, 5.74) is 0.470. The molecule has 0 bridgehead atoms. The third kappa shape index (κ3) is 7.21. The number of sulfonamides is 1. The zero-order chi connectivity index (χ0) is 19.9. The van der Waals surface area contributed by atoms with Crippen molar-refractivity contribution >= 4 is 15.9 Å². The SMILES string of the molecule is CC(C)NS(=O)(=O)c1ccc(C(=O)NCCCCN2CCN(C)CC2)cc1. The molecule has 0 spiro atoms. The minimum Gasteiger partial charge on any atom is -0.352 e. The highest BCUT2D eigenvalue weighted by molar-refractivity contribution is 7.89. The lowest BCUT2D eigenvalue weighted by atomic mass is 10.2. The normalized spacial score (nSPS) is 16.6.